The number of nitrogen functional groups attached to an aromatic ring is 1. The molecule has 1 heterocycles. The predicted molar refractivity (Wildman–Crippen MR) is 162 cm³/mol. The van der Waals surface area contributed by atoms with E-state index in [1.165, 1.54) is 0 Å². The van der Waals surface area contributed by atoms with Gasteiger partial charge in [-0.25, -0.2) is 0 Å². The zero-order chi connectivity index (χ0) is 30.3. The first-order valence-electron chi connectivity index (χ1n) is 15.2. The first-order chi connectivity index (χ1) is 20.5. The normalized spacial score (nSPS) is 39.5. The molecule has 226 valence electrons. The van der Waals surface area contributed by atoms with Gasteiger partial charge in [0.1, 0.15) is 6.61 Å². The average Bonchev–Trinajstić information content (AvgIpc) is 3.48. The molecule has 7 nitrogen and oxygen atoms in total. The Morgan fingerprint density at radius 2 is 1.95 bits per heavy atom. The zero-order valence-electron chi connectivity index (χ0n) is 24.5. The number of carbonyl (C=O) groups is 2. The van der Waals surface area contributed by atoms with Crippen molar-refractivity contribution in [3.8, 4) is 0 Å². The van der Waals surface area contributed by atoms with Crippen molar-refractivity contribution in [1.82, 2.24) is 0 Å². The number of aliphatic hydroxyl groups excluding tert-OH is 2. The number of rotatable bonds is 5. The van der Waals surface area contributed by atoms with Crippen molar-refractivity contribution in [1.29, 1.82) is 0 Å². The second-order valence-corrected chi connectivity index (χ2v) is 14.0. The van der Waals surface area contributed by atoms with E-state index in [9.17, 15) is 19.8 Å². The summed E-state index contributed by atoms with van der Waals surface area (Å²) in [6, 6.07) is 13.5. The number of hydrogen-bond acceptors (Lipinski definition) is 7. The van der Waals surface area contributed by atoms with Crippen molar-refractivity contribution in [2.24, 2.45) is 28.6 Å². The average molecular weight is 604 g/mol. The zero-order valence-corrected chi connectivity index (χ0v) is 25.2. The predicted octanol–water partition coefficient (Wildman–Crippen LogP) is 5.12. The molecular formula is C35H38ClNO6. The smallest absolute Gasteiger partial charge is 0.193 e. The molecular weight excluding hydrogens is 566 g/mol. The number of allylic oxidation sites excluding steroid dienone is 4. The molecule has 9 atom stereocenters. The van der Waals surface area contributed by atoms with E-state index in [1.807, 2.05) is 49.4 Å². The van der Waals surface area contributed by atoms with E-state index in [0.29, 0.717) is 30.0 Å². The van der Waals surface area contributed by atoms with E-state index in [2.05, 4.69) is 6.92 Å². The van der Waals surface area contributed by atoms with Crippen LogP contribution in [0.25, 0.3) is 0 Å². The lowest BCUT2D eigenvalue weighted by atomic mass is 9.46. The van der Waals surface area contributed by atoms with Crippen molar-refractivity contribution in [2.45, 2.75) is 70.1 Å². The summed E-state index contributed by atoms with van der Waals surface area (Å²) in [5.74, 6) is -0.312. The molecule has 3 saturated carbocycles. The summed E-state index contributed by atoms with van der Waals surface area (Å²) in [5, 5.41) is 22.6. The second-order valence-electron chi connectivity index (χ2n) is 13.6. The van der Waals surface area contributed by atoms with Crippen molar-refractivity contribution < 1.29 is 29.3 Å². The monoisotopic (exact) mass is 603 g/mol. The van der Waals surface area contributed by atoms with Crippen molar-refractivity contribution in [3.05, 3.63) is 88.0 Å². The number of anilines is 1. The number of Topliss-reactive ketones (excluding diaryl/α,β-unsaturated/α-hetero) is 1. The van der Waals surface area contributed by atoms with Crippen LogP contribution in [0, 0.1) is 28.6 Å². The standard InChI is InChI=1S/C35H38ClNO6/c1-33-11-10-23(39)15-22(33)7-8-24-25-16-30-35(29(41)18-38,34(25,2)17-28(40)31(24)33)43-32(42-30)21-5-3-4-19(13-21)12-20-6-9-27(37)26(36)14-20/h3-6,9-11,13-15,24-25,28,30-32,38,40H,7-8,12,16-18,37H2,1-2H3/t24-,25-,28-,30+,31+,32+,33-,34-,35+/m0/s1. The molecule has 8 heteroatoms. The third-order valence-electron chi connectivity index (χ3n) is 11.5. The quantitative estimate of drug-likeness (QED) is 0.406. The van der Waals surface area contributed by atoms with Gasteiger partial charge in [0.2, 0.25) is 0 Å². The summed E-state index contributed by atoms with van der Waals surface area (Å²) >= 11 is 6.24. The van der Waals surface area contributed by atoms with Crippen LogP contribution in [0.15, 0.2) is 66.3 Å². The molecule has 0 radical (unpaired) electrons. The molecule has 4 N–H and O–H groups in total. The maximum atomic E-state index is 13.8. The largest absolute Gasteiger partial charge is 0.398 e. The van der Waals surface area contributed by atoms with Gasteiger partial charge in [0.25, 0.3) is 0 Å². The Morgan fingerprint density at radius 1 is 1.16 bits per heavy atom. The molecule has 0 unspecified atom stereocenters. The minimum absolute atomic E-state index is 0.00173. The Kier molecular flexibility index (Phi) is 6.80. The molecule has 0 spiro atoms. The van der Waals surface area contributed by atoms with E-state index in [4.69, 9.17) is 26.8 Å². The molecule has 2 aromatic rings. The second kappa shape index (κ2) is 10.1. The molecule has 2 aromatic carbocycles. The van der Waals surface area contributed by atoms with Crippen molar-refractivity contribution >= 4 is 28.9 Å². The van der Waals surface area contributed by atoms with Crippen molar-refractivity contribution in [3.63, 3.8) is 0 Å². The summed E-state index contributed by atoms with van der Waals surface area (Å²) in [7, 11) is 0. The van der Waals surface area contributed by atoms with Gasteiger partial charge in [0.15, 0.2) is 23.5 Å². The maximum absolute atomic E-state index is 13.8. The summed E-state index contributed by atoms with van der Waals surface area (Å²) in [6.07, 6.45) is 6.48. The summed E-state index contributed by atoms with van der Waals surface area (Å²) in [6.45, 7) is 3.52. The third kappa shape index (κ3) is 4.16. The molecule has 43 heavy (non-hydrogen) atoms. The molecule has 5 aliphatic rings. The van der Waals surface area contributed by atoms with Gasteiger partial charge in [0, 0.05) is 22.3 Å². The molecule has 4 fully saturated rings. The highest BCUT2D eigenvalue weighted by Crippen LogP contribution is 2.70. The van der Waals surface area contributed by atoms with Crippen LogP contribution < -0.4 is 5.73 Å². The summed E-state index contributed by atoms with van der Waals surface area (Å²) in [5.41, 5.74) is 7.81. The van der Waals surface area contributed by atoms with Crippen LogP contribution >= 0.6 is 11.6 Å². The number of nitrogens with two attached hydrogens (primary N) is 1. The van der Waals surface area contributed by atoms with Gasteiger partial charge in [0.05, 0.1) is 22.9 Å². The van der Waals surface area contributed by atoms with Gasteiger partial charge in [-0.05, 0) is 79.4 Å². The Balaban J connectivity index is 1.20. The molecule has 0 aromatic heterocycles. The van der Waals surface area contributed by atoms with Gasteiger partial charge in [-0.15, -0.1) is 0 Å². The first-order valence-corrected chi connectivity index (χ1v) is 15.6. The summed E-state index contributed by atoms with van der Waals surface area (Å²) < 4.78 is 13.4. The minimum Gasteiger partial charge on any atom is -0.398 e. The van der Waals surface area contributed by atoms with Crippen LogP contribution in [0.5, 0.6) is 0 Å². The molecule has 0 amide bonds. The molecule has 0 bridgehead atoms. The number of halogens is 1. The Morgan fingerprint density at radius 3 is 2.72 bits per heavy atom. The van der Waals surface area contributed by atoms with Crippen LogP contribution in [0.4, 0.5) is 5.69 Å². The van der Waals surface area contributed by atoms with E-state index >= 15 is 0 Å². The van der Waals surface area contributed by atoms with Crippen LogP contribution in [-0.2, 0) is 25.5 Å². The lowest BCUT2D eigenvalue weighted by Crippen LogP contribution is -2.63. The van der Waals surface area contributed by atoms with Gasteiger partial charge < -0.3 is 25.4 Å². The van der Waals surface area contributed by atoms with E-state index in [1.54, 1.807) is 18.2 Å². The van der Waals surface area contributed by atoms with Crippen molar-refractivity contribution in [2.75, 3.05) is 12.3 Å². The first kappa shape index (κ1) is 28.9. The van der Waals surface area contributed by atoms with Crippen LogP contribution in [0.1, 0.15) is 62.5 Å². The highest BCUT2D eigenvalue weighted by molar-refractivity contribution is 6.33. The topological polar surface area (TPSA) is 119 Å². The van der Waals surface area contributed by atoms with E-state index in [0.717, 1.165) is 35.1 Å². The summed E-state index contributed by atoms with van der Waals surface area (Å²) in [4.78, 5) is 26.0. The van der Waals surface area contributed by atoms with Gasteiger partial charge in [-0.2, -0.15) is 0 Å². The van der Waals surface area contributed by atoms with Gasteiger partial charge >= 0.3 is 0 Å². The van der Waals surface area contributed by atoms with Crippen LogP contribution in [0.2, 0.25) is 5.02 Å². The van der Waals surface area contributed by atoms with Crippen LogP contribution in [0.3, 0.4) is 0 Å². The molecule has 1 aliphatic heterocycles. The number of ketones is 2. The fourth-order valence-corrected chi connectivity index (χ4v) is 9.80. The molecule has 4 aliphatic carbocycles. The number of fused-ring (bicyclic) bond motifs is 7. The third-order valence-corrected chi connectivity index (χ3v) is 11.8. The van der Waals surface area contributed by atoms with Gasteiger partial charge in [-0.1, -0.05) is 67.4 Å². The van der Waals surface area contributed by atoms with Crippen LogP contribution in [-0.4, -0.2) is 46.2 Å². The number of carbonyl (C=O) groups excluding carboxylic acids is 2. The van der Waals surface area contributed by atoms with E-state index < -0.39 is 47.3 Å². The highest BCUT2D eigenvalue weighted by atomic mass is 35.5. The molecule has 1 saturated heterocycles. The van der Waals surface area contributed by atoms with Gasteiger partial charge in [-0.3, -0.25) is 9.59 Å². The Bertz CT molecular complexity index is 1570. The number of benzene rings is 2. The SMILES string of the molecule is C[C@]12C=CC(=O)C=C1CC[C@@H]1[C@@H]2[C@@H](O)C[C@@]2(C)[C@H]1C[C@H]1O[C@@H](c3cccc(Cc4ccc(N)c(Cl)c4)c3)O[C@]12C(=O)CO. The highest BCUT2D eigenvalue weighted by Gasteiger charge is 2.75. The van der Waals surface area contributed by atoms with E-state index in [-0.39, 0.29) is 23.5 Å². The number of aliphatic hydroxyl groups is 2. The number of ether oxygens (including phenoxy) is 2. The fourth-order valence-electron chi connectivity index (χ4n) is 9.60. The molecule has 7 rings (SSSR count). The minimum atomic E-state index is -1.38. The Hall–Kier alpha value is -2.81. The number of hydrogen-bond donors (Lipinski definition) is 3. The lowest BCUT2D eigenvalue weighted by molar-refractivity contribution is -0.201. The lowest BCUT2D eigenvalue weighted by Gasteiger charge is -2.59. The fraction of sp³-hybridized carbons (Fsp3) is 0.486. The maximum Gasteiger partial charge on any atom is 0.193 e. The Labute approximate surface area is 256 Å².